The van der Waals surface area contributed by atoms with Crippen LogP contribution in [0.25, 0.3) is 0 Å². The van der Waals surface area contributed by atoms with Crippen molar-refractivity contribution >= 4 is 5.97 Å². The van der Waals surface area contributed by atoms with Gasteiger partial charge in [-0.3, -0.25) is 0 Å². The van der Waals surface area contributed by atoms with Gasteiger partial charge in [0.15, 0.2) is 17.2 Å². The lowest BCUT2D eigenvalue weighted by atomic mass is 9.83. The highest BCUT2D eigenvalue weighted by molar-refractivity contribution is 5.77. The number of aryl methyl sites for hydroxylation is 2. The molecule has 2 rings (SSSR count). The minimum absolute atomic E-state index is 0.0407. The van der Waals surface area contributed by atoms with Gasteiger partial charge in [0.05, 0.1) is 7.11 Å². The second-order valence-electron chi connectivity index (χ2n) is 7.32. The summed E-state index contributed by atoms with van der Waals surface area (Å²) in [6, 6.07) is 12.3. The molecule has 0 radical (unpaired) electrons. The van der Waals surface area contributed by atoms with Crippen LogP contribution in [0.15, 0.2) is 42.5 Å². The SMILES string of the molecule is COc1ccc(CCC(C)CC(O)(Cc2cccc(C)c2)C(=O)O)cc1F. The molecule has 0 amide bonds. The molecule has 146 valence electrons. The fourth-order valence-electron chi connectivity index (χ4n) is 3.35. The molecule has 0 aromatic heterocycles. The van der Waals surface area contributed by atoms with Gasteiger partial charge in [0.1, 0.15) is 0 Å². The van der Waals surface area contributed by atoms with Crippen LogP contribution < -0.4 is 4.74 Å². The number of aliphatic carboxylic acids is 1. The van der Waals surface area contributed by atoms with Gasteiger partial charge in [0.25, 0.3) is 0 Å². The van der Waals surface area contributed by atoms with Crippen molar-refractivity contribution in [2.24, 2.45) is 5.92 Å². The fraction of sp³-hybridized carbons (Fsp3) is 0.409. The molecule has 4 nitrogen and oxygen atoms in total. The molecule has 0 saturated carbocycles. The van der Waals surface area contributed by atoms with E-state index in [0.717, 1.165) is 16.7 Å². The van der Waals surface area contributed by atoms with E-state index < -0.39 is 17.4 Å². The third kappa shape index (κ3) is 5.79. The summed E-state index contributed by atoms with van der Waals surface area (Å²) >= 11 is 0. The highest BCUT2D eigenvalue weighted by Crippen LogP contribution is 2.26. The lowest BCUT2D eigenvalue weighted by molar-refractivity contribution is -0.160. The number of halogens is 1. The predicted octanol–water partition coefficient (Wildman–Crippen LogP) is 4.16. The van der Waals surface area contributed by atoms with Gasteiger partial charge in [-0.2, -0.15) is 0 Å². The Balaban J connectivity index is 2.00. The summed E-state index contributed by atoms with van der Waals surface area (Å²) in [6.45, 7) is 3.84. The van der Waals surface area contributed by atoms with Gasteiger partial charge in [-0.1, -0.05) is 42.8 Å². The van der Waals surface area contributed by atoms with Crippen molar-refractivity contribution in [3.63, 3.8) is 0 Å². The minimum atomic E-state index is -1.82. The molecule has 0 spiro atoms. The molecule has 2 aromatic rings. The number of ether oxygens (including phenoxy) is 1. The first-order valence-corrected chi connectivity index (χ1v) is 9.07. The number of hydrogen-bond donors (Lipinski definition) is 2. The third-order valence-corrected chi connectivity index (χ3v) is 4.81. The molecular weight excluding hydrogens is 347 g/mol. The van der Waals surface area contributed by atoms with Crippen LogP contribution in [0.4, 0.5) is 4.39 Å². The van der Waals surface area contributed by atoms with Crippen molar-refractivity contribution in [1.82, 2.24) is 0 Å². The average Bonchev–Trinajstić information content (AvgIpc) is 2.60. The van der Waals surface area contributed by atoms with Crippen LogP contribution in [0.3, 0.4) is 0 Å². The summed E-state index contributed by atoms with van der Waals surface area (Å²) in [5.74, 6) is -1.47. The number of carbonyl (C=O) groups is 1. The Kier molecular flexibility index (Phi) is 6.97. The summed E-state index contributed by atoms with van der Waals surface area (Å²) < 4.78 is 18.7. The molecule has 0 aliphatic carbocycles. The van der Waals surface area contributed by atoms with Crippen LogP contribution >= 0.6 is 0 Å². The normalized spacial score (nSPS) is 14.4. The highest BCUT2D eigenvalue weighted by atomic mass is 19.1. The first kappa shape index (κ1) is 20.9. The maximum absolute atomic E-state index is 13.8. The summed E-state index contributed by atoms with van der Waals surface area (Å²) in [5, 5.41) is 20.3. The van der Waals surface area contributed by atoms with Crippen LogP contribution in [0.2, 0.25) is 0 Å². The Morgan fingerprint density at radius 3 is 2.56 bits per heavy atom. The molecule has 0 heterocycles. The number of benzene rings is 2. The summed E-state index contributed by atoms with van der Waals surface area (Å²) in [6.07, 6.45) is 1.44. The Morgan fingerprint density at radius 1 is 1.22 bits per heavy atom. The maximum Gasteiger partial charge on any atom is 0.336 e. The lowest BCUT2D eigenvalue weighted by Crippen LogP contribution is -2.42. The van der Waals surface area contributed by atoms with Crippen molar-refractivity contribution in [3.05, 3.63) is 65.0 Å². The van der Waals surface area contributed by atoms with Crippen molar-refractivity contribution in [2.75, 3.05) is 7.11 Å². The van der Waals surface area contributed by atoms with Crippen molar-refractivity contribution < 1.29 is 24.1 Å². The minimum Gasteiger partial charge on any atom is -0.494 e. The number of carboxylic acid groups (broad SMARTS) is 1. The molecular formula is C22H27FO4. The van der Waals surface area contributed by atoms with Crippen LogP contribution in [-0.2, 0) is 17.6 Å². The molecule has 2 aromatic carbocycles. The van der Waals surface area contributed by atoms with Crippen LogP contribution in [0.5, 0.6) is 5.75 Å². The lowest BCUT2D eigenvalue weighted by Gasteiger charge is -2.27. The van der Waals surface area contributed by atoms with Crippen LogP contribution in [0.1, 0.15) is 36.5 Å². The molecule has 2 atom stereocenters. The standard InChI is InChI=1S/C22H27FO4/c1-15-5-4-6-18(11-15)14-22(26,21(24)25)13-16(2)7-8-17-9-10-20(27-3)19(23)12-17/h4-6,9-12,16,26H,7-8,13-14H2,1-3H3,(H,24,25). The van der Waals surface area contributed by atoms with Crippen LogP contribution in [0, 0.1) is 18.7 Å². The van der Waals surface area contributed by atoms with E-state index >= 15 is 0 Å². The Hall–Kier alpha value is -2.40. The summed E-state index contributed by atoms with van der Waals surface area (Å²) in [5.41, 5.74) is 0.815. The quantitative estimate of drug-likeness (QED) is 0.692. The number of hydrogen-bond acceptors (Lipinski definition) is 3. The van der Waals surface area contributed by atoms with E-state index in [1.165, 1.54) is 13.2 Å². The Labute approximate surface area is 159 Å². The van der Waals surface area contributed by atoms with E-state index in [1.54, 1.807) is 12.1 Å². The van der Waals surface area contributed by atoms with Gasteiger partial charge in [-0.25, -0.2) is 9.18 Å². The average molecular weight is 374 g/mol. The van der Waals surface area contributed by atoms with Gasteiger partial charge < -0.3 is 14.9 Å². The summed E-state index contributed by atoms with van der Waals surface area (Å²) in [7, 11) is 1.42. The maximum atomic E-state index is 13.8. The molecule has 5 heteroatoms. The van der Waals surface area contributed by atoms with Gasteiger partial charge in [0.2, 0.25) is 0 Å². The Bertz CT molecular complexity index is 790. The zero-order valence-electron chi connectivity index (χ0n) is 16.0. The van der Waals surface area contributed by atoms with Crippen molar-refractivity contribution in [1.29, 1.82) is 0 Å². The largest absolute Gasteiger partial charge is 0.494 e. The third-order valence-electron chi connectivity index (χ3n) is 4.81. The smallest absolute Gasteiger partial charge is 0.336 e. The topological polar surface area (TPSA) is 66.8 Å². The number of carboxylic acids is 1. The predicted molar refractivity (Wildman–Crippen MR) is 103 cm³/mol. The van der Waals surface area contributed by atoms with Crippen LogP contribution in [-0.4, -0.2) is 28.9 Å². The number of methoxy groups -OCH3 is 1. The molecule has 2 N–H and O–H groups in total. The molecule has 27 heavy (non-hydrogen) atoms. The first-order chi connectivity index (χ1) is 12.7. The van der Waals surface area contributed by atoms with Gasteiger partial charge >= 0.3 is 5.97 Å². The van der Waals surface area contributed by atoms with Gasteiger partial charge in [-0.05, 0) is 55.4 Å². The van der Waals surface area contributed by atoms with E-state index in [4.69, 9.17) is 4.74 Å². The fourth-order valence-corrected chi connectivity index (χ4v) is 3.35. The van der Waals surface area contributed by atoms with E-state index in [9.17, 15) is 19.4 Å². The zero-order valence-corrected chi connectivity index (χ0v) is 16.0. The van der Waals surface area contributed by atoms with E-state index in [-0.39, 0.29) is 24.5 Å². The van der Waals surface area contributed by atoms with E-state index in [2.05, 4.69) is 0 Å². The Morgan fingerprint density at radius 2 is 1.96 bits per heavy atom. The molecule has 0 bridgehead atoms. The molecule has 0 aliphatic heterocycles. The highest BCUT2D eigenvalue weighted by Gasteiger charge is 2.37. The monoisotopic (exact) mass is 374 g/mol. The zero-order chi connectivity index (χ0) is 20.0. The van der Waals surface area contributed by atoms with Crippen molar-refractivity contribution in [3.8, 4) is 5.75 Å². The van der Waals surface area contributed by atoms with Gasteiger partial charge in [-0.15, -0.1) is 0 Å². The molecule has 0 aliphatic rings. The first-order valence-electron chi connectivity index (χ1n) is 9.07. The van der Waals surface area contributed by atoms with E-state index in [0.29, 0.717) is 12.8 Å². The van der Waals surface area contributed by atoms with Crippen molar-refractivity contribution in [2.45, 2.75) is 45.1 Å². The van der Waals surface area contributed by atoms with Gasteiger partial charge in [0, 0.05) is 6.42 Å². The number of aliphatic hydroxyl groups is 1. The number of rotatable bonds is 9. The molecule has 0 saturated heterocycles. The summed E-state index contributed by atoms with van der Waals surface area (Å²) in [4.78, 5) is 11.7. The molecule has 0 fully saturated rings. The van der Waals surface area contributed by atoms with E-state index in [1.807, 2.05) is 38.1 Å². The molecule has 2 unspecified atom stereocenters. The second kappa shape index (κ2) is 9.00. The second-order valence-corrected chi connectivity index (χ2v) is 7.32.